The van der Waals surface area contributed by atoms with Crippen molar-refractivity contribution in [1.82, 2.24) is 0 Å². The maximum Gasteiger partial charge on any atom is 0.307 e. The Balaban J connectivity index is 4.96. The van der Waals surface area contributed by atoms with E-state index in [0.29, 0.717) is 4.48 Å². The van der Waals surface area contributed by atoms with Crippen molar-refractivity contribution >= 4 is 11.8 Å². The van der Waals surface area contributed by atoms with E-state index in [4.69, 9.17) is 5.11 Å². The van der Waals surface area contributed by atoms with E-state index < -0.39 is 23.8 Å². The third kappa shape index (κ3) is 6.51. The Labute approximate surface area is 108 Å². The molecule has 0 saturated heterocycles. The van der Waals surface area contributed by atoms with Crippen molar-refractivity contribution in [2.45, 2.75) is 31.8 Å². The van der Waals surface area contributed by atoms with E-state index in [1.165, 1.54) is 6.08 Å². The summed E-state index contributed by atoms with van der Waals surface area (Å²) in [5.74, 6) is -1.71. The first kappa shape index (κ1) is 16.8. The average Bonchev–Trinajstić information content (AvgIpc) is 2.13. The number of ketones is 1. The number of unbranched alkanes of at least 4 members (excludes halogenated alkanes) is 1. The lowest BCUT2D eigenvalue weighted by Crippen LogP contribution is -2.54. The normalized spacial score (nSPS) is 15.6. The van der Waals surface area contributed by atoms with Crippen LogP contribution in [0.2, 0.25) is 0 Å². The number of carbonyl (C=O) groups excluding carboxylic acids is 1. The number of quaternary nitrogens is 1. The van der Waals surface area contributed by atoms with Crippen LogP contribution in [0.15, 0.2) is 12.2 Å². The number of likely N-dealkylation sites (N-methyl/N-ethyl adjacent to an activating group) is 1. The molecule has 0 saturated carbocycles. The largest absolute Gasteiger partial charge is 0.481 e. The maximum absolute atomic E-state index is 11.9. The number of allylic oxidation sites excluding steroid dienone is 1. The number of hydrogen-bond acceptors (Lipinski definition) is 3. The van der Waals surface area contributed by atoms with Crippen molar-refractivity contribution in [2.24, 2.45) is 0 Å². The molecule has 0 radical (unpaired) electrons. The van der Waals surface area contributed by atoms with Crippen molar-refractivity contribution in [3.8, 4) is 0 Å². The zero-order chi connectivity index (χ0) is 14.4. The van der Waals surface area contributed by atoms with Crippen LogP contribution in [0.4, 0.5) is 0 Å². The van der Waals surface area contributed by atoms with Gasteiger partial charge in [-0.15, -0.1) is 0 Å². The van der Waals surface area contributed by atoms with Crippen LogP contribution in [0.5, 0.6) is 0 Å². The van der Waals surface area contributed by atoms with Gasteiger partial charge in [0.25, 0.3) is 0 Å². The highest BCUT2D eigenvalue weighted by atomic mass is 16.4. The SMILES string of the molecule is CCCC=CC(=O)[C@@](O)(CC(=O)O)C[N+](C)(C)C. The quantitative estimate of drug-likeness (QED) is 0.499. The predicted molar refractivity (Wildman–Crippen MR) is 69.2 cm³/mol. The number of nitrogens with zero attached hydrogens (tertiary/aromatic N) is 1. The Bertz CT molecular complexity index is 330. The molecule has 2 N–H and O–H groups in total. The molecule has 0 bridgehead atoms. The van der Waals surface area contributed by atoms with Crippen molar-refractivity contribution in [2.75, 3.05) is 27.7 Å². The third-order valence-corrected chi connectivity index (χ3v) is 2.36. The molecule has 0 unspecified atom stereocenters. The number of aliphatic hydroxyl groups is 1. The zero-order valence-electron chi connectivity index (χ0n) is 11.6. The molecule has 0 rings (SSSR count). The summed E-state index contributed by atoms with van der Waals surface area (Å²) in [5.41, 5.74) is -1.84. The van der Waals surface area contributed by atoms with Gasteiger partial charge in [0.1, 0.15) is 6.54 Å². The summed E-state index contributed by atoms with van der Waals surface area (Å²) in [6, 6.07) is 0. The van der Waals surface area contributed by atoms with Gasteiger partial charge in [0.05, 0.1) is 27.6 Å². The van der Waals surface area contributed by atoms with Gasteiger partial charge in [-0.1, -0.05) is 19.4 Å². The Morgan fingerprint density at radius 2 is 1.83 bits per heavy atom. The molecule has 0 heterocycles. The molecular formula is C13H24NO4+. The maximum atomic E-state index is 11.9. The van der Waals surface area contributed by atoms with E-state index in [0.717, 1.165) is 12.8 Å². The molecule has 104 valence electrons. The Kier molecular flexibility index (Phi) is 6.21. The molecule has 5 heteroatoms. The highest BCUT2D eigenvalue weighted by Crippen LogP contribution is 2.17. The first-order valence-corrected chi connectivity index (χ1v) is 6.06. The molecule has 18 heavy (non-hydrogen) atoms. The molecule has 0 spiro atoms. The topological polar surface area (TPSA) is 74.6 Å². The minimum Gasteiger partial charge on any atom is -0.481 e. The lowest BCUT2D eigenvalue weighted by Gasteiger charge is -2.33. The number of rotatable bonds is 8. The van der Waals surface area contributed by atoms with Crippen LogP contribution >= 0.6 is 0 Å². The summed E-state index contributed by atoms with van der Waals surface area (Å²) in [5, 5.41) is 19.1. The third-order valence-electron chi connectivity index (χ3n) is 2.36. The van der Waals surface area contributed by atoms with Crippen molar-refractivity contribution in [3.05, 3.63) is 12.2 Å². The number of carbonyl (C=O) groups is 2. The first-order chi connectivity index (χ1) is 8.10. The van der Waals surface area contributed by atoms with Crippen molar-refractivity contribution in [1.29, 1.82) is 0 Å². The summed E-state index contributed by atoms with van der Waals surface area (Å²) in [6.45, 7) is 2.04. The van der Waals surface area contributed by atoms with Crippen molar-refractivity contribution in [3.63, 3.8) is 0 Å². The second-order valence-corrected chi connectivity index (χ2v) is 5.61. The van der Waals surface area contributed by atoms with Gasteiger partial charge in [-0.2, -0.15) is 0 Å². The second-order valence-electron chi connectivity index (χ2n) is 5.61. The van der Waals surface area contributed by atoms with Gasteiger partial charge < -0.3 is 14.7 Å². The van der Waals surface area contributed by atoms with Crippen LogP contribution in [-0.2, 0) is 9.59 Å². The molecule has 0 aromatic rings. The van der Waals surface area contributed by atoms with Gasteiger partial charge in [0.2, 0.25) is 0 Å². The lowest BCUT2D eigenvalue weighted by atomic mass is 9.92. The van der Waals surface area contributed by atoms with Crippen LogP contribution in [0.25, 0.3) is 0 Å². The minimum atomic E-state index is -1.84. The van der Waals surface area contributed by atoms with E-state index >= 15 is 0 Å². The van der Waals surface area contributed by atoms with Crippen LogP contribution in [0.3, 0.4) is 0 Å². The fourth-order valence-electron chi connectivity index (χ4n) is 1.77. The Hall–Kier alpha value is -1.20. The standard InChI is InChI=1S/C13H23NO4/c1-5-6-7-8-11(15)13(18,9-12(16)17)10-14(2,3)4/h7-8,18H,5-6,9-10H2,1-4H3/p+1/t13-/m1/s1. The first-order valence-electron chi connectivity index (χ1n) is 6.06. The lowest BCUT2D eigenvalue weighted by molar-refractivity contribution is -0.875. The summed E-state index contributed by atoms with van der Waals surface area (Å²) in [6.07, 6.45) is 4.03. The molecular weight excluding hydrogens is 234 g/mol. The van der Waals surface area contributed by atoms with E-state index in [-0.39, 0.29) is 6.54 Å². The fourth-order valence-corrected chi connectivity index (χ4v) is 1.77. The van der Waals surface area contributed by atoms with Crippen LogP contribution in [-0.4, -0.2) is 59.7 Å². The molecule has 0 aromatic heterocycles. The Morgan fingerprint density at radius 1 is 1.28 bits per heavy atom. The predicted octanol–water partition coefficient (Wildman–Crippen LogP) is 0.824. The number of aliphatic carboxylic acids is 1. The van der Waals surface area contributed by atoms with Gasteiger partial charge in [0, 0.05) is 0 Å². The summed E-state index contributed by atoms with van der Waals surface area (Å²) < 4.78 is 0.317. The average molecular weight is 258 g/mol. The second kappa shape index (κ2) is 6.66. The van der Waals surface area contributed by atoms with Gasteiger partial charge in [-0.25, -0.2) is 0 Å². The summed E-state index contributed by atoms with van der Waals surface area (Å²) in [7, 11) is 5.40. The fraction of sp³-hybridized carbons (Fsp3) is 0.692. The highest BCUT2D eigenvalue weighted by molar-refractivity contribution is 5.99. The highest BCUT2D eigenvalue weighted by Gasteiger charge is 2.41. The smallest absolute Gasteiger partial charge is 0.307 e. The monoisotopic (exact) mass is 258 g/mol. The van der Waals surface area contributed by atoms with Crippen LogP contribution in [0.1, 0.15) is 26.2 Å². The molecule has 0 fully saturated rings. The van der Waals surface area contributed by atoms with Crippen molar-refractivity contribution < 1.29 is 24.3 Å². The zero-order valence-corrected chi connectivity index (χ0v) is 11.6. The number of carboxylic acids is 1. The van der Waals surface area contributed by atoms with Gasteiger partial charge >= 0.3 is 5.97 Å². The van der Waals surface area contributed by atoms with Crippen LogP contribution in [0, 0.1) is 0 Å². The molecule has 1 atom stereocenters. The van der Waals surface area contributed by atoms with E-state index in [2.05, 4.69) is 0 Å². The minimum absolute atomic E-state index is 0.0641. The van der Waals surface area contributed by atoms with Gasteiger partial charge in [-0.05, 0) is 12.5 Å². The van der Waals surface area contributed by atoms with Gasteiger partial charge in [0.15, 0.2) is 11.4 Å². The van der Waals surface area contributed by atoms with E-state index in [1.807, 2.05) is 6.92 Å². The summed E-state index contributed by atoms with van der Waals surface area (Å²) in [4.78, 5) is 22.7. The number of carboxylic acid groups (broad SMARTS) is 1. The number of hydrogen-bond donors (Lipinski definition) is 2. The Morgan fingerprint density at radius 3 is 2.22 bits per heavy atom. The molecule has 0 aliphatic heterocycles. The molecule has 0 aliphatic carbocycles. The van der Waals surface area contributed by atoms with Crippen LogP contribution < -0.4 is 0 Å². The summed E-state index contributed by atoms with van der Waals surface area (Å²) >= 11 is 0. The molecule has 0 aliphatic rings. The van der Waals surface area contributed by atoms with E-state index in [1.54, 1.807) is 27.2 Å². The molecule has 5 nitrogen and oxygen atoms in total. The van der Waals surface area contributed by atoms with Gasteiger partial charge in [-0.3, -0.25) is 9.59 Å². The molecule has 0 amide bonds. The molecule has 0 aromatic carbocycles. The van der Waals surface area contributed by atoms with E-state index in [9.17, 15) is 14.7 Å².